The summed E-state index contributed by atoms with van der Waals surface area (Å²) in [5.41, 5.74) is 2.90. The van der Waals surface area contributed by atoms with Gasteiger partial charge in [-0.25, -0.2) is 8.78 Å². The van der Waals surface area contributed by atoms with Crippen LogP contribution in [0.2, 0.25) is 0 Å². The first-order chi connectivity index (χ1) is 15.9. The molecular formula is C27H28F2N2O2. The quantitative estimate of drug-likeness (QED) is 0.491. The van der Waals surface area contributed by atoms with E-state index in [0.717, 1.165) is 18.4 Å². The van der Waals surface area contributed by atoms with Gasteiger partial charge >= 0.3 is 0 Å². The first-order valence-corrected chi connectivity index (χ1v) is 11.2. The molecule has 1 aliphatic heterocycles. The van der Waals surface area contributed by atoms with Crippen molar-refractivity contribution in [3.8, 4) is 5.75 Å². The molecule has 4 nitrogen and oxygen atoms in total. The fourth-order valence-corrected chi connectivity index (χ4v) is 4.14. The van der Waals surface area contributed by atoms with E-state index in [1.165, 1.54) is 12.1 Å². The average molecular weight is 451 g/mol. The van der Waals surface area contributed by atoms with Gasteiger partial charge in [-0.15, -0.1) is 0 Å². The molecule has 3 aromatic rings. The van der Waals surface area contributed by atoms with Crippen molar-refractivity contribution >= 4 is 17.3 Å². The number of carbonyl (C=O) groups excluding carboxylic acids is 1. The van der Waals surface area contributed by atoms with Crippen molar-refractivity contribution in [1.29, 1.82) is 0 Å². The van der Waals surface area contributed by atoms with E-state index in [1.807, 2.05) is 43.3 Å². The van der Waals surface area contributed by atoms with Gasteiger partial charge < -0.3 is 15.0 Å². The molecule has 0 atom stereocenters. The molecule has 1 aliphatic rings. The van der Waals surface area contributed by atoms with Crippen molar-refractivity contribution in [3.05, 3.63) is 89.0 Å². The number of carbonyl (C=O) groups is 1. The monoisotopic (exact) mass is 450 g/mol. The number of benzene rings is 3. The van der Waals surface area contributed by atoms with Gasteiger partial charge in [0.05, 0.1) is 6.61 Å². The zero-order chi connectivity index (χ0) is 23.4. The molecule has 0 unspecified atom stereocenters. The third-order valence-corrected chi connectivity index (χ3v) is 6.07. The van der Waals surface area contributed by atoms with E-state index in [-0.39, 0.29) is 11.6 Å². The summed E-state index contributed by atoms with van der Waals surface area (Å²) in [7, 11) is 0. The Labute approximate surface area is 193 Å². The van der Waals surface area contributed by atoms with Gasteiger partial charge in [0.2, 0.25) is 0 Å². The van der Waals surface area contributed by atoms with Crippen LogP contribution < -0.4 is 15.0 Å². The fraction of sp³-hybridized carbons (Fsp3) is 0.296. The second-order valence-electron chi connectivity index (χ2n) is 8.62. The summed E-state index contributed by atoms with van der Waals surface area (Å²) in [4.78, 5) is 14.3. The van der Waals surface area contributed by atoms with Crippen molar-refractivity contribution in [2.45, 2.75) is 26.7 Å². The van der Waals surface area contributed by atoms with Gasteiger partial charge in [0.1, 0.15) is 23.1 Å². The summed E-state index contributed by atoms with van der Waals surface area (Å²) >= 11 is 0. The van der Waals surface area contributed by atoms with Crippen molar-refractivity contribution < 1.29 is 18.3 Å². The van der Waals surface area contributed by atoms with Crippen LogP contribution in [0.25, 0.3) is 0 Å². The second kappa shape index (κ2) is 10.0. The molecule has 0 saturated carbocycles. The number of rotatable bonds is 6. The molecule has 0 spiro atoms. The molecule has 4 rings (SSSR count). The number of anilines is 2. The minimum Gasteiger partial charge on any atom is -0.493 e. The van der Waals surface area contributed by atoms with Crippen molar-refractivity contribution in [2.24, 2.45) is 5.92 Å². The molecule has 6 heteroatoms. The maximum Gasteiger partial charge on any atom is 0.255 e. The summed E-state index contributed by atoms with van der Waals surface area (Å²) < 4.78 is 34.6. The van der Waals surface area contributed by atoms with Gasteiger partial charge in [-0.2, -0.15) is 0 Å². The van der Waals surface area contributed by atoms with Crippen molar-refractivity contribution in [1.82, 2.24) is 0 Å². The van der Waals surface area contributed by atoms with E-state index in [0.29, 0.717) is 48.2 Å². The minimum atomic E-state index is -0.507. The maximum absolute atomic E-state index is 14.3. The summed E-state index contributed by atoms with van der Waals surface area (Å²) in [5, 5.41) is 2.95. The molecule has 33 heavy (non-hydrogen) atoms. The molecular weight excluding hydrogens is 422 g/mol. The Kier molecular flexibility index (Phi) is 6.92. The van der Waals surface area contributed by atoms with Gasteiger partial charge in [-0.1, -0.05) is 24.3 Å². The number of ether oxygens (including phenoxy) is 1. The Morgan fingerprint density at radius 2 is 1.67 bits per heavy atom. The number of hydrogen-bond donors (Lipinski definition) is 1. The molecule has 0 radical (unpaired) electrons. The van der Waals surface area contributed by atoms with Gasteiger partial charge in [0, 0.05) is 30.4 Å². The molecule has 0 aromatic heterocycles. The Morgan fingerprint density at radius 3 is 2.33 bits per heavy atom. The Bertz CT molecular complexity index is 1100. The maximum atomic E-state index is 14.3. The fourth-order valence-electron chi connectivity index (χ4n) is 4.14. The van der Waals surface area contributed by atoms with Crippen LogP contribution in [0.15, 0.2) is 60.7 Å². The number of nitrogens with one attached hydrogen (secondary N) is 1. The third kappa shape index (κ3) is 5.51. The third-order valence-electron chi connectivity index (χ3n) is 6.07. The van der Waals surface area contributed by atoms with Gasteiger partial charge in [0.15, 0.2) is 0 Å². The Morgan fingerprint density at radius 1 is 1.00 bits per heavy atom. The number of amides is 1. The highest BCUT2D eigenvalue weighted by Gasteiger charge is 2.24. The Hall–Kier alpha value is -3.41. The summed E-state index contributed by atoms with van der Waals surface area (Å²) in [6.45, 7) is 5.29. The van der Waals surface area contributed by atoms with Crippen LogP contribution in [0.4, 0.5) is 20.2 Å². The molecule has 3 aromatic carbocycles. The van der Waals surface area contributed by atoms with Crippen LogP contribution in [0, 0.1) is 31.4 Å². The van der Waals surface area contributed by atoms with Crippen LogP contribution >= 0.6 is 0 Å². The smallest absolute Gasteiger partial charge is 0.255 e. The SMILES string of the molecule is Cc1cc(F)c(N2CCC(COc3ccc(C)c(NC(=O)c4ccccc4)c3)CC2)c(F)c1. The zero-order valence-corrected chi connectivity index (χ0v) is 18.9. The molecule has 1 heterocycles. The first-order valence-electron chi connectivity index (χ1n) is 11.2. The lowest BCUT2D eigenvalue weighted by Gasteiger charge is -2.34. The van der Waals surface area contributed by atoms with Crippen molar-refractivity contribution in [3.63, 3.8) is 0 Å². The largest absolute Gasteiger partial charge is 0.493 e. The van der Waals surface area contributed by atoms with Crippen LogP contribution in [0.3, 0.4) is 0 Å². The van der Waals surface area contributed by atoms with E-state index in [4.69, 9.17) is 4.74 Å². The van der Waals surface area contributed by atoms with Crippen LogP contribution in [-0.4, -0.2) is 25.6 Å². The summed E-state index contributed by atoms with van der Waals surface area (Å²) in [6, 6.07) is 17.5. The first kappa shape index (κ1) is 22.8. The van der Waals surface area contributed by atoms with E-state index in [2.05, 4.69) is 5.32 Å². The number of hydrogen-bond acceptors (Lipinski definition) is 3. The highest BCUT2D eigenvalue weighted by atomic mass is 19.1. The normalized spacial score (nSPS) is 14.2. The average Bonchev–Trinajstić information content (AvgIpc) is 2.80. The molecule has 0 aliphatic carbocycles. The predicted octanol–water partition coefficient (Wildman–Crippen LogP) is 6.13. The minimum absolute atomic E-state index is 0.0669. The zero-order valence-electron chi connectivity index (χ0n) is 18.9. The standard InChI is InChI=1S/C27H28F2N2O2/c1-18-14-23(28)26(24(29)15-18)31-12-10-20(11-13-31)17-33-22-9-8-19(2)25(16-22)30-27(32)21-6-4-3-5-7-21/h3-9,14-16,20H,10-13,17H2,1-2H3,(H,30,32). The Balaban J connectivity index is 1.33. The molecule has 1 N–H and O–H groups in total. The van der Waals surface area contributed by atoms with E-state index in [9.17, 15) is 13.6 Å². The predicted molar refractivity (Wildman–Crippen MR) is 127 cm³/mol. The number of nitrogens with zero attached hydrogens (tertiary/aromatic N) is 1. The lowest BCUT2D eigenvalue weighted by molar-refractivity contribution is 0.102. The number of piperidine rings is 1. The second-order valence-corrected chi connectivity index (χ2v) is 8.62. The summed E-state index contributed by atoms with van der Waals surface area (Å²) in [6.07, 6.45) is 1.58. The van der Waals surface area contributed by atoms with E-state index in [1.54, 1.807) is 24.0 Å². The van der Waals surface area contributed by atoms with Crippen molar-refractivity contribution in [2.75, 3.05) is 29.9 Å². The number of aryl methyl sites for hydroxylation is 2. The summed E-state index contributed by atoms with van der Waals surface area (Å²) in [5.74, 6) is -0.207. The lowest BCUT2D eigenvalue weighted by Crippen LogP contribution is -2.36. The van der Waals surface area contributed by atoms with Gasteiger partial charge in [-0.3, -0.25) is 4.79 Å². The van der Waals surface area contributed by atoms with Crippen LogP contribution in [0.5, 0.6) is 5.75 Å². The highest BCUT2D eigenvalue weighted by Crippen LogP contribution is 2.30. The molecule has 1 fully saturated rings. The molecule has 1 saturated heterocycles. The lowest BCUT2D eigenvalue weighted by atomic mass is 9.97. The van der Waals surface area contributed by atoms with Crippen LogP contribution in [-0.2, 0) is 0 Å². The topological polar surface area (TPSA) is 41.6 Å². The van der Waals surface area contributed by atoms with Gasteiger partial charge in [-0.05, 0) is 74.1 Å². The number of halogens is 2. The molecule has 0 bridgehead atoms. The molecule has 1 amide bonds. The highest BCUT2D eigenvalue weighted by molar-refractivity contribution is 6.04. The van der Waals surface area contributed by atoms with Crippen LogP contribution in [0.1, 0.15) is 34.3 Å². The van der Waals surface area contributed by atoms with Gasteiger partial charge in [0.25, 0.3) is 5.91 Å². The molecule has 172 valence electrons. The van der Waals surface area contributed by atoms with E-state index < -0.39 is 11.6 Å². The van der Waals surface area contributed by atoms with E-state index >= 15 is 0 Å².